The van der Waals surface area contributed by atoms with Crippen molar-refractivity contribution in [3.8, 4) is 11.4 Å². The number of anilines is 1. The zero-order valence-electron chi connectivity index (χ0n) is 21.4. The normalized spacial score (nSPS) is 18.3. The van der Waals surface area contributed by atoms with Crippen LogP contribution in [0.25, 0.3) is 28.6 Å². The number of H-pyrrole nitrogens is 1. The average molecular weight is 592 g/mol. The van der Waals surface area contributed by atoms with Crippen LogP contribution in [0.15, 0.2) is 64.8 Å². The molecule has 2 aromatic carbocycles. The lowest BCUT2D eigenvalue weighted by atomic mass is 10.0. The van der Waals surface area contributed by atoms with Crippen LogP contribution in [-0.2, 0) is 6.54 Å². The quantitative estimate of drug-likeness (QED) is 0.277. The molecule has 2 fully saturated rings. The fourth-order valence-corrected chi connectivity index (χ4v) is 6.06. The van der Waals surface area contributed by atoms with E-state index in [0.717, 1.165) is 90.0 Å². The second-order valence-electron chi connectivity index (χ2n) is 10.2. The molecule has 6 rings (SSSR count). The van der Waals surface area contributed by atoms with E-state index in [9.17, 15) is 0 Å². The number of pyridine rings is 1. The van der Waals surface area contributed by atoms with Crippen LogP contribution < -0.4 is 10.2 Å². The molecule has 196 valence electrons. The first-order chi connectivity index (χ1) is 18.6. The van der Waals surface area contributed by atoms with Gasteiger partial charge >= 0.3 is 0 Å². The Bertz CT molecular complexity index is 1410. The summed E-state index contributed by atoms with van der Waals surface area (Å²) < 4.78 is 0.981. The van der Waals surface area contributed by atoms with Crippen LogP contribution in [0.4, 0.5) is 5.69 Å². The standard InChI is InChI=1S/C30H32BrClN6/c31-26-19-34-30-27(28(26)38-16-14-37(15-17-38)20-23-5-9-25(32)10-6-23)35-29(36-30)24-7-3-22(4-8-24)18-21-2-1-12-33-13-11-21/h3-10,18-19,33H,1-2,11-17,20H2,(H,34,35,36)/b21-18-. The predicted molar refractivity (Wildman–Crippen MR) is 161 cm³/mol. The van der Waals surface area contributed by atoms with Crippen molar-refractivity contribution in [2.45, 2.75) is 25.8 Å². The average Bonchev–Trinajstić information content (AvgIpc) is 3.20. The fraction of sp³-hybridized carbons (Fsp3) is 0.333. The van der Waals surface area contributed by atoms with Gasteiger partial charge in [0.15, 0.2) is 5.65 Å². The predicted octanol–water partition coefficient (Wildman–Crippen LogP) is 6.52. The molecule has 2 saturated heterocycles. The molecule has 0 atom stereocenters. The molecular formula is C30H32BrClN6. The summed E-state index contributed by atoms with van der Waals surface area (Å²) in [5.41, 5.74) is 7.99. The monoisotopic (exact) mass is 590 g/mol. The van der Waals surface area contributed by atoms with Crippen molar-refractivity contribution >= 4 is 50.5 Å². The fourth-order valence-electron chi connectivity index (χ4n) is 5.39. The Morgan fingerprint density at radius 2 is 1.74 bits per heavy atom. The number of nitrogens with one attached hydrogen (secondary N) is 2. The zero-order chi connectivity index (χ0) is 25.9. The maximum absolute atomic E-state index is 6.05. The van der Waals surface area contributed by atoms with Crippen LogP contribution in [0.3, 0.4) is 0 Å². The molecule has 8 heteroatoms. The van der Waals surface area contributed by atoms with E-state index >= 15 is 0 Å². The molecule has 6 nitrogen and oxygen atoms in total. The first-order valence-corrected chi connectivity index (χ1v) is 14.6. The third-order valence-corrected chi connectivity index (χ3v) is 8.31. The van der Waals surface area contributed by atoms with Crippen LogP contribution in [0, 0.1) is 0 Å². The number of rotatable bonds is 5. The van der Waals surface area contributed by atoms with Crippen LogP contribution in [0.1, 0.15) is 30.4 Å². The molecular weight excluding hydrogens is 560 g/mol. The Balaban J connectivity index is 1.18. The number of hydrogen-bond acceptors (Lipinski definition) is 5. The van der Waals surface area contributed by atoms with E-state index in [1.54, 1.807) is 0 Å². The van der Waals surface area contributed by atoms with Gasteiger partial charge in [0, 0.05) is 49.5 Å². The summed E-state index contributed by atoms with van der Waals surface area (Å²) in [6, 6.07) is 16.9. The van der Waals surface area contributed by atoms with Crippen molar-refractivity contribution in [1.82, 2.24) is 25.2 Å². The number of benzene rings is 2. The van der Waals surface area contributed by atoms with Gasteiger partial charge in [0.2, 0.25) is 0 Å². The molecule has 0 bridgehead atoms. The first kappa shape index (κ1) is 25.6. The van der Waals surface area contributed by atoms with Gasteiger partial charge in [-0.05, 0) is 71.5 Å². The highest BCUT2D eigenvalue weighted by Crippen LogP contribution is 2.34. The van der Waals surface area contributed by atoms with E-state index in [1.807, 2.05) is 18.3 Å². The summed E-state index contributed by atoms with van der Waals surface area (Å²) in [5, 5.41) is 4.26. The van der Waals surface area contributed by atoms with Crippen molar-refractivity contribution in [2.24, 2.45) is 0 Å². The minimum atomic E-state index is 0.782. The molecule has 4 aromatic rings. The third kappa shape index (κ3) is 5.81. The molecule has 0 aliphatic carbocycles. The van der Waals surface area contributed by atoms with Gasteiger partial charge in [0.05, 0.1) is 10.2 Å². The molecule has 2 aromatic heterocycles. The Morgan fingerprint density at radius 1 is 0.947 bits per heavy atom. The molecule has 0 saturated carbocycles. The molecule has 0 unspecified atom stereocenters. The summed E-state index contributed by atoms with van der Waals surface area (Å²) in [7, 11) is 0. The lowest BCUT2D eigenvalue weighted by molar-refractivity contribution is 0.250. The van der Waals surface area contributed by atoms with Crippen molar-refractivity contribution in [3.05, 3.63) is 80.9 Å². The number of aromatic nitrogens is 3. The zero-order valence-corrected chi connectivity index (χ0v) is 23.7. The molecule has 4 heterocycles. The molecule has 0 radical (unpaired) electrons. The largest absolute Gasteiger partial charge is 0.366 e. The Kier molecular flexibility index (Phi) is 7.79. The van der Waals surface area contributed by atoms with Gasteiger partial charge in [-0.15, -0.1) is 0 Å². The summed E-state index contributed by atoms with van der Waals surface area (Å²) in [4.78, 5) is 18.0. The number of imidazole rings is 1. The van der Waals surface area contributed by atoms with E-state index in [2.05, 4.69) is 83.5 Å². The van der Waals surface area contributed by atoms with E-state index in [-0.39, 0.29) is 0 Å². The van der Waals surface area contributed by atoms with E-state index in [4.69, 9.17) is 16.6 Å². The number of piperazine rings is 1. The second-order valence-corrected chi connectivity index (χ2v) is 11.4. The molecule has 2 aliphatic heterocycles. The Labute approximate surface area is 237 Å². The van der Waals surface area contributed by atoms with Gasteiger partial charge in [0.25, 0.3) is 0 Å². The van der Waals surface area contributed by atoms with Crippen molar-refractivity contribution in [3.63, 3.8) is 0 Å². The van der Waals surface area contributed by atoms with E-state index < -0.39 is 0 Å². The minimum Gasteiger partial charge on any atom is -0.366 e. The van der Waals surface area contributed by atoms with Crippen LogP contribution in [-0.4, -0.2) is 59.1 Å². The second kappa shape index (κ2) is 11.6. The maximum atomic E-state index is 6.05. The van der Waals surface area contributed by atoms with Crippen LogP contribution in [0.2, 0.25) is 5.02 Å². The lowest BCUT2D eigenvalue weighted by Gasteiger charge is -2.36. The Morgan fingerprint density at radius 3 is 2.53 bits per heavy atom. The highest BCUT2D eigenvalue weighted by Gasteiger charge is 2.23. The third-order valence-electron chi connectivity index (χ3n) is 7.48. The van der Waals surface area contributed by atoms with Gasteiger partial charge < -0.3 is 15.2 Å². The number of aromatic amines is 1. The Hall–Kier alpha value is -2.71. The van der Waals surface area contributed by atoms with Crippen LogP contribution >= 0.6 is 27.5 Å². The summed E-state index contributed by atoms with van der Waals surface area (Å²) in [6.45, 7) is 6.98. The molecule has 2 aliphatic rings. The molecule has 0 amide bonds. The molecule has 0 spiro atoms. The van der Waals surface area contributed by atoms with E-state index in [0.29, 0.717) is 0 Å². The highest BCUT2D eigenvalue weighted by atomic mass is 79.9. The van der Waals surface area contributed by atoms with Crippen molar-refractivity contribution < 1.29 is 0 Å². The maximum Gasteiger partial charge on any atom is 0.159 e. The van der Waals surface area contributed by atoms with Crippen LogP contribution in [0.5, 0.6) is 0 Å². The topological polar surface area (TPSA) is 60.1 Å². The number of halogens is 2. The highest BCUT2D eigenvalue weighted by molar-refractivity contribution is 9.10. The smallest absolute Gasteiger partial charge is 0.159 e. The lowest BCUT2D eigenvalue weighted by Crippen LogP contribution is -2.46. The summed E-state index contributed by atoms with van der Waals surface area (Å²) in [5.74, 6) is 0.853. The summed E-state index contributed by atoms with van der Waals surface area (Å²) in [6.07, 6.45) is 7.75. The van der Waals surface area contributed by atoms with Crippen molar-refractivity contribution in [1.29, 1.82) is 0 Å². The van der Waals surface area contributed by atoms with Crippen molar-refractivity contribution in [2.75, 3.05) is 44.2 Å². The van der Waals surface area contributed by atoms with Gasteiger partial charge in [-0.2, -0.15) is 0 Å². The molecule has 2 N–H and O–H groups in total. The SMILES string of the molecule is Clc1ccc(CN2CCN(c3c(Br)cnc4[nH]c(-c5ccc(/C=C6/CCCNCC6)cc5)nc34)CC2)cc1. The minimum absolute atomic E-state index is 0.782. The number of hydrogen-bond donors (Lipinski definition) is 2. The first-order valence-electron chi connectivity index (χ1n) is 13.4. The van der Waals surface area contributed by atoms with E-state index in [1.165, 1.54) is 29.5 Å². The van der Waals surface area contributed by atoms with Gasteiger partial charge in [-0.3, -0.25) is 4.90 Å². The van der Waals surface area contributed by atoms with Gasteiger partial charge in [-0.1, -0.05) is 59.6 Å². The van der Waals surface area contributed by atoms with Gasteiger partial charge in [0.1, 0.15) is 11.3 Å². The number of fused-ring (bicyclic) bond motifs is 1. The molecule has 38 heavy (non-hydrogen) atoms. The number of nitrogens with zero attached hydrogens (tertiary/aromatic N) is 4. The van der Waals surface area contributed by atoms with Gasteiger partial charge in [-0.25, -0.2) is 9.97 Å². The summed E-state index contributed by atoms with van der Waals surface area (Å²) >= 11 is 9.81.